The van der Waals surface area contributed by atoms with Gasteiger partial charge < -0.3 is 9.47 Å². The van der Waals surface area contributed by atoms with Crippen LogP contribution in [0.2, 0.25) is 0 Å². The van der Waals surface area contributed by atoms with Gasteiger partial charge in [0.15, 0.2) is 0 Å². The first-order chi connectivity index (χ1) is 40.4. The van der Waals surface area contributed by atoms with Crippen LogP contribution < -0.4 is 0 Å². The number of carbonyl (C=O) groups is 2. The van der Waals surface area contributed by atoms with Gasteiger partial charge in [0.05, 0.1) is 0 Å². The van der Waals surface area contributed by atoms with Crippen LogP contribution in [0, 0.1) is 0 Å². The minimum Gasteiger partial charge on any atom is -0.461 e. The maximum Gasteiger partial charge on any atom is 0.306 e. The molecule has 6 nitrogen and oxygen atoms in total. The Morgan fingerprint density at radius 2 is 0.463 bits per heavy atom. The highest BCUT2D eigenvalue weighted by molar-refractivity contribution is 5.69. The van der Waals surface area contributed by atoms with Crippen LogP contribution in [0.5, 0.6) is 0 Å². The Kier molecular flexibility index (Phi) is 67.1. The first-order valence-corrected chi connectivity index (χ1v) is 37.6. The molecule has 0 rings (SSSR count). The van der Waals surface area contributed by atoms with Crippen LogP contribution in [0.3, 0.4) is 0 Å². The van der Waals surface area contributed by atoms with Crippen molar-refractivity contribution in [2.24, 2.45) is 0 Å². The molecule has 0 aliphatic carbocycles. The summed E-state index contributed by atoms with van der Waals surface area (Å²) < 4.78 is 12.5. The van der Waals surface area contributed by atoms with Gasteiger partial charge in [0.25, 0.3) is 0 Å². The van der Waals surface area contributed by atoms with Crippen LogP contribution in [0.25, 0.3) is 0 Å². The maximum absolute atomic E-state index is 13.2. The highest BCUT2D eigenvalue weighted by Crippen LogP contribution is 2.18. The van der Waals surface area contributed by atoms with Crippen LogP contribution in [0.4, 0.5) is 0 Å². The zero-order valence-corrected chi connectivity index (χ0v) is 56.8. The van der Waals surface area contributed by atoms with Crippen molar-refractivity contribution in [2.75, 3.05) is 39.3 Å². The third kappa shape index (κ3) is 61.4. The van der Waals surface area contributed by atoms with Crippen LogP contribution in [-0.2, 0) is 19.1 Å². The molecular formula is C76H148N2O4. The minimum absolute atomic E-state index is 0.00194. The Morgan fingerprint density at radius 3 is 0.695 bits per heavy atom. The van der Waals surface area contributed by atoms with E-state index in [1.54, 1.807) is 0 Å². The third-order valence-corrected chi connectivity index (χ3v) is 17.6. The van der Waals surface area contributed by atoms with Crippen molar-refractivity contribution in [2.45, 2.75) is 413 Å². The van der Waals surface area contributed by atoms with Gasteiger partial charge in [0, 0.05) is 25.9 Å². The molecule has 0 N–H and O–H groups in total. The van der Waals surface area contributed by atoms with E-state index in [2.05, 4.69) is 75.6 Å². The molecule has 0 aliphatic rings. The summed E-state index contributed by atoms with van der Waals surface area (Å²) in [6.45, 7) is 19.6. The number of hydrogen-bond donors (Lipinski definition) is 0. The Morgan fingerprint density at radius 1 is 0.268 bits per heavy atom. The van der Waals surface area contributed by atoms with E-state index in [1.807, 2.05) is 0 Å². The number of hydrogen-bond acceptors (Lipinski definition) is 6. The number of carbonyl (C=O) groups excluding carboxylic acids is 2. The van der Waals surface area contributed by atoms with Gasteiger partial charge >= 0.3 is 11.9 Å². The largest absolute Gasteiger partial charge is 0.461 e. The van der Waals surface area contributed by atoms with Gasteiger partial charge in [-0.15, -0.1) is 0 Å². The molecule has 0 aromatic carbocycles. The number of nitrogens with zero attached hydrogens (tertiary/aromatic N) is 2. The summed E-state index contributed by atoms with van der Waals surface area (Å²) in [6.07, 6.45) is 80.2. The summed E-state index contributed by atoms with van der Waals surface area (Å²) in [5.41, 5.74) is 0. The fourth-order valence-corrected chi connectivity index (χ4v) is 11.9. The van der Waals surface area contributed by atoms with E-state index < -0.39 is 0 Å². The second kappa shape index (κ2) is 68.5. The lowest BCUT2D eigenvalue weighted by molar-refractivity contribution is -0.151. The summed E-state index contributed by atoms with van der Waals surface area (Å²) >= 11 is 0. The van der Waals surface area contributed by atoms with Crippen LogP contribution in [-0.4, -0.2) is 73.2 Å². The topological polar surface area (TPSA) is 59.1 Å². The van der Waals surface area contributed by atoms with E-state index in [9.17, 15) is 9.59 Å². The lowest BCUT2D eigenvalue weighted by Crippen LogP contribution is -2.38. The Labute approximate surface area is 515 Å². The number of esters is 2. The average Bonchev–Trinajstić information content (AvgIpc) is 3.48. The molecule has 82 heavy (non-hydrogen) atoms. The standard InChI is InChI=1S/C76H148N2O4/c1-7-13-17-21-25-29-33-37-39-41-43-47-51-55-59-65-75(79)81-73(11-5)71-77(67-61-57-53-49-45-35-31-27-23-19-15-9-3)69-63-64-70-78(68-62-58-54-50-46-36-32-28-24-20-16-10-4)72-74(12-6)82-76(80)66-60-56-52-48-44-42-40-38-34-30-26-22-18-14-8-2/h37-40,73-74H,7-36,41-72H2,1-6H3/b39-37+,40-38+. The van der Waals surface area contributed by atoms with Crippen LogP contribution in [0.15, 0.2) is 24.3 Å². The molecule has 0 heterocycles. The minimum atomic E-state index is -0.0398. The van der Waals surface area contributed by atoms with Gasteiger partial charge in [-0.25, -0.2) is 0 Å². The van der Waals surface area contributed by atoms with Gasteiger partial charge in [-0.05, 0) is 129 Å². The fourth-order valence-electron chi connectivity index (χ4n) is 11.9. The van der Waals surface area contributed by atoms with Gasteiger partial charge in [0.2, 0.25) is 0 Å². The maximum atomic E-state index is 13.2. The molecule has 0 aromatic heterocycles. The molecule has 0 radical (unpaired) electrons. The van der Waals surface area contributed by atoms with Gasteiger partial charge in [-0.2, -0.15) is 0 Å². The molecule has 0 fully saturated rings. The predicted molar refractivity (Wildman–Crippen MR) is 364 cm³/mol. The van der Waals surface area contributed by atoms with Crippen molar-refractivity contribution in [3.8, 4) is 0 Å². The van der Waals surface area contributed by atoms with Gasteiger partial charge in [-0.3, -0.25) is 19.4 Å². The first-order valence-electron chi connectivity index (χ1n) is 37.6. The van der Waals surface area contributed by atoms with Crippen molar-refractivity contribution >= 4 is 11.9 Å². The lowest BCUT2D eigenvalue weighted by atomic mass is 10.1. The summed E-state index contributed by atoms with van der Waals surface area (Å²) in [4.78, 5) is 31.7. The molecular weight excluding hydrogens is 1000 g/mol. The van der Waals surface area contributed by atoms with Crippen molar-refractivity contribution in [3.63, 3.8) is 0 Å². The first kappa shape index (κ1) is 80.3. The summed E-state index contributed by atoms with van der Waals surface area (Å²) in [7, 11) is 0. The lowest BCUT2D eigenvalue weighted by Gasteiger charge is -2.29. The molecule has 0 bridgehead atoms. The van der Waals surface area contributed by atoms with E-state index in [0.29, 0.717) is 12.8 Å². The number of unbranched alkanes of at least 4 members (excludes halogenated alkanes) is 45. The molecule has 0 spiro atoms. The van der Waals surface area contributed by atoms with Crippen molar-refractivity contribution < 1.29 is 19.1 Å². The van der Waals surface area contributed by atoms with Crippen LogP contribution in [0.1, 0.15) is 401 Å². The van der Waals surface area contributed by atoms with E-state index >= 15 is 0 Å². The van der Waals surface area contributed by atoms with Crippen molar-refractivity contribution in [1.29, 1.82) is 0 Å². The van der Waals surface area contributed by atoms with E-state index in [-0.39, 0.29) is 24.1 Å². The van der Waals surface area contributed by atoms with E-state index in [4.69, 9.17) is 9.47 Å². The van der Waals surface area contributed by atoms with E-state index in [0.717, 1.165) is 90.6 Å². The second-order valence-corrected chi connectivity index (χ2v) is 25.8. The molecule has 2 atom stereocenters. The Hall–Kier alpha value is -1.66. The highest BCUT2D eigenvalue weighted by Gasteiger charge is 2.19. The molecule has 0 aromatic rings. The molecule has 6 heteroatoms. The quantitative estimate of drug-likeness (QED) is 0.0344. The zero-order valence-electron chi connectivity index (χ0n) is 56.8. The third-order valence-electron chi connectivity index (χ3n) is 17.6. The average molecular weight is 1150 g/mol. The molecule has 0 amide bonds. The molecule has 486 valence electrons. The second-order valence-electron chi connectivity index (χ2n) is 25.8. The molecule has 0 saturated carbocycles. The number of ether oxygens (including phenoxy) is 2. The molecule has 0 saturated heterocycles. The number of allylic oxidation sites excluding steroid dienone is 4. The monoisotopic (exact) mass is 1150 g/mol. The fraction of sp³-hybridized carbons (Fsp3) is 0.921. The Balaban J connectivity index is 5.25. The highest BCUT2D eigenvalue weighted by atomic mass is 16.5. The smallest absolute Gasteiger partial charge is 0.306 e. The summed E-state index contributed by atoms with van der Waals surface area (Å²) in [6, 6.07) is 0. The molecule has 0 aliphatic heterocycles. The number of rotatable bonds is 69. The zero-order chi connectivity index (χ0) is 59.5. The molecule has 2 unspecified atom stereocenters. The van der Waals surface area contributed by atoms with Gasteiger partial charge in [-0.1, -0.05) is 310 Å². The SMILES string of the molecule is CCCCCCCC/C=C/CCCCCCCC(=O)OC(CC)CN(CCCCCCCCCCCCCC)CCCCN(CCCCCCCCCCCCCC)CC(CC)OC(=O)CCCCCCC/C=C/CCCCCCCC. The normalized spacial score (nSPS) is 12.7. The van der Waals surface area contributed by atoms with E-state index in [1.165, 1.54) is 295 Å². The predicted octanol–water partition coefficient (Wildman–Crippen LogP) is 24.5. The van der Waals surface area contributed by atoms with Crippen LogP contribution >= 0.6 is 0 Å². The van der Waals surface area contributed by atoms with Crippen molar-refractivity contribution in [3.05, 3.63) is 24.3 Å². The Bertz CT molecular complexity index is 1220. The van der Waals surface area contributed by atoms with Crippen molar-refractivity contribution in [1.82, 2.24) is 9.80 Å². The van der Waals surface area contributed by atoms with Gasteiger partial charge in [0.1, 0.15) is 12.2 Å². The summed E-state index contributed by atoms with van der Waals surface area (Å²) in [5, 5.41) is 0. The summed E-state index contributed by atoms with van der Waals surface area (Å²) in [5.74, 6) is 0.00387.